The normalized spacial score (nSPS) is 15.5. The summed E-state index contributed by atoms with van der Waals surface area (Å²) in [4.78, 5) is 14.5. The molecule has 23 heavy (non-hydrogen) atoms. The second-order valence-electron chi connectivity index (χ2n) is 5.59. The van der Waals surface area contributed by atoms with Crippen LogP contribution in [0.15, 0.2) is 18.2 Å². The van der Waals surface area contributed by atoms with E-state index < -0.39 is 0 Å². The molecule has 1 heterocycles. The number of hydrogen-bond acceptors (Lipinski definition) is 6. The molecular weight excluding hydrogens is 294 g/mol. The smallest absolute Gasteiger partial charge is 0.176 e. The number of nitrogens with zero attached hydrogens (tertiary/aromatic N) is 1. The number of hydrogen-bond donors (Lipinski definition) is 2. The Morgan fingerprint density at radius 2 is 2.17 bits per heavy atom. The lowest BCUT2D eigenvalue weighted by atomic mass is 10.1. The van der Waals surface area contributed by atoms with Gasteiger partial charge in [0.25, 0.3) is 0 Å². The molecule has 0 aliphatic carbocycles. The molecule has 0 spiro atoms. The number of nitrogens with one attached hydrogen (secondary N) is 1. The van der Waals surface area contributed by atoms with E-state index in [4.69, 9.17) is 15.2 Å². The molecule has 6 heteroatoms. The molecule has 3 N–H and O–H groups in total. The van der Waals surface area contributed by atoms with Crippen LogP contribution in [0.25, 0.3) is 0 Å². The molecule has 0 saturated carbocycles. The van der Waals surface area contributed by atoms with Gasteiger partial charge in [0.1, 0.15) is 5.75 Å². The van der Waals surface area contributed by atoms with Gasteiger partial charge in [0, 0.05) is 18.7 Å². The molecule has 0 radical (unpaired) electrons. The van der Waals surface area contributed by atoms with E-state index in [1.165, 1.54) is 0 Å². The van der Waals surface area contributed by atoms with Crippen molar-refractivity contribution in [3.63, 3.8) is 0 Å². The lowest BCUT2D eigenvalue weighted by molar-refractivity contribution is 0.0375. The summed E-state index contributed by atoms with van der Waals surface area (Å²) < 4.78 is 10.7. The number of rotatable bonds is 9. The van der Waals surface area contributed by atoms with E-state index in [2.05, 4.69) is 10.2 Å². The number of morpholine rings is 1. The summed E-state index contributed by atoms with van der Waals surface area (Å²) in [6.07, 6.45) is 1.03. The predicted molar refractivity (Wildman–Crippen MR) is 91.1 cm³/mol. The SMILES string of the molecule is CCOc1ccc(C(=O)CNCCCN2CCOCC2)cc1N. The Balaban J connectivity index is 1.67. The molecule has 128 valence electrons. The second-order valence-corrected chi connectivity index (χ2v) is 5.59. The lowest BCUT2D eigenvalue weighted by Crippen LogP contribution is -2.38. The van der Waals surface area contributed by atoms with Gasteiger partial charge in [-0.2, -0.15) is 0 Å². The maximum atomic E-state index is 12.1. The molecule has 2 rings (SSSR count). The first-order valence-electron chi connectivity index (χ1n) is 8.27. The minimum absolute atomic E-state index is 0.0473. The van der Waals surface area contributed by atoms with Gasteiger partial charge in [-0.15, -0.1) is 0 Å². The molecule has 0 aromatic heterocycles. The van der Waals surface area contributed by atoms with Crippen molar-refractivity contribution in [1.82, 2.24) is 10.2 Å². The van der Waals surface area contributed by atoms with Gasteiger partial charge >= 0.3 is 0 Å². The third-order valence-electron chi connectivity index (χ3n) is 3.85. The number of Topliss-reactive ketones (excluding diaryl/α,β-unsaturated/α-hetero) is 1. The molecule has 1 aromatic carbocycles. The number of ether oxygens (including phenoxy) is 2. The second kappa shape index (κ2) is 9.50. The highest BCUT2D eigenvalue weighted by molar-refractivity contribution is 5.98. The van der Waals surface area contributed by atoms with Crippen LogP contribution in [0.1, 0.15) is 23.7 Å². The van der Waals surface area contributed by atoms with Crippen LogP contribution in [-0.4, -0.2) is 63.2 Å². The Hall–Kier alpha value is -1.63. The summed E-state index contributed by atoms with van der Waals surface area (Å²) in [6, 6.07) is 5.20. The highest BCUT2D eigenvalue weighted by atomic mass is 16.5. The van der Waals surface area contributed by atoms with E-state index in [1.54, 1.807) is 18.2 Å². The summed E-state index contributed by atoms with van der Waals surface area (Å²) in [7, 11) is 0. The van der Waals surface area contributed by atoms with Gasteiger partial charge < -0.3 is 20.5 Å². The van der Waals surface area contributed by atoms with Crippen molar-refractivity contribution >= 4 is 11.5 Å². The molecule has 1 aromatic rings. The highest BCUT2D eigenvalue weighted by Gasteiger charge is 2.10. The summed E-state index contributed by atoms with van der Waals surface area (Å²) in [5, 5.41) is 3.20. The van der Waals surface area contributed by atoms with Gasteiger partial charge in [-0.1, -0.05) is 0 Å². The standard InChI is InChI=1S/C17H27N3O3/c1-2-23-17-5-4-14(12-15(17)18)16(21)13-19-6-3-7-20-8-10-22-11-9-20/h4-5,12,19H,2-3,6-11,13,18H2,1H3. The van der Waals surface area contributed by atoms with E-state index in [0.29, 0.717) is 30.2 Å². The third-order valence-corrected chi connectivity index (χ3v) is 3.85. The van der Waals surface area contributed by atoms with Crippen molar-refractivity contribution in [1.29, 1.82) is 0 Å². The topological polar surface area (TPSA) is 76.8 Å². The summed E-state index contributed by atoms with van der Waals surface area (Å²) in [6.45, 7) is 8.32. The van der Waals surface area contributed by atoms with E-state index >= 15 is 0 Å². The van der Waals surface area contributed by atoms with Crippen molar-refractivity contribution in [3.05, 3.63) is 23.8 Å². The largest absolute Gasteiger partial charge is 0.492 e. The van der Waals surface area contributed by atoms with Crippen molar-refractivity contribution < 1.29 is 14.3 Å². The minimum Gasteiger partial charge on any atom is -0.492 e. The first kappa shape index (κ1) is 17.7. The Kier molecular flexibility index (Phi) is 7.32. The van der Waals surface area contributed by atoms with Crippen LogP contribution in [0.3, 0.4) is 0 Å². The Bertz CT molecular complexity index is 502. The highest BCUT2D eigenvalue weighted by Crippen LogP contribution is 2.22. The Morgan fingerprint density at radius 1 is 1.39 bits per heavy atom. The van der Waals surface area contributed by atoms with Crippen LogP contribution in [0, 0.1) is 0 Å². The fourth-order valence-corrected chi connectivity index (χ4v) is 2.57. The summed E-state index contributed by atoms with van der Waals surface area (Å²) in [5.74, 6) is 0.675. The number of nitrogens with two attached hydrogens (primary N) is 1. The van der Waals surface area contributed by atoms with Crippen LogP contribution < -0.4 is 15.8 Å². The number of carbonyl (C=O) groups is 1. The quantitative estimate of drug-likeness (QED) is 0.404. The first-order chi connectivity index (χ1) is 11.2. The van der Waals surface area contributed by atoms with E-state index in [0.717, 1.165) is 45.8 Å². The van der Waals surface area contributed by atoms with Crippen LogP contribution in [-0.2, 0) is 4.74 Å². The molecule has 0 atom stereocenters. The van der Waals surface area contributed by atoms with Gasteiger partial charge in [0.05, 0.1) is 32.1 Å². The molecule has 0 unspecified atom stereocenters. The van der Waals surface area contributed by atoms with Crippen molar-refractivity contribution in [2.45, 2.75) is 13.3 Å². The van der Waals surface area contributed by atoms with E-state index in [-0.39, 0.29) is 5.78 Å². The average Bonchev–Trinajstić information content (AvgIpc) is 2.57. The molecule has 6 nitrogen and oxygen atoms in total. The maximum Gasteiger partial charge on any atom is 0.176 e. The summed E-state index contributed by atoms with van der Waals surface area (Å²) in [5.41, 5.74) is 7.01. The Labute approximate surface area is 137 Å². The van der Waals surface area contributed by atoms with Crippen LogP contribution in [0.5, 0.6) is 5.75 Å². The maximum absolute atomic E-state index is 12.1. The zero-order chi connectivity index (χ0) is 16.5. The van der Waals surface area contributed by atoms with Gasteiger partial charge in [-0.25, -0.2) is 0 Å². The lowest BCUT2D eigenvalue weighted by Gasteiger charge is -2.26. The zero-order valence-electron chi connectivity index (χ0n) is 13.8. The minimum atomic E-state index is 0.0473. The van der Waals surface area contributed by atoms with E-state index in [1.807, 2.05) is 6.92 Å². The molecular formula is C17H27N3O3. The Morgan fingerprint density at radius 3 is 2.87 bits per heavy atom. The zero-order valence-corrected chi connectivity index (χ0v) is 13.8. The molecule has 0 amide bonds. The first-order valence-corrected chi connectivity index (χ1v) is 8.27. The average molecular weight is 321 g/mol. The van der Waals surface area contributed by atoms with Crippen LogP contribution in [0.2, 0.25) is 0 Å². The summed E-state index contributed by atoms with van der Waals surface area (Å²) >= 11 is 0. The van der Waals surface area contributed by atoms with Gasteiger partial charge in [0.2, 0.25) is 0 Å². The molecule has 1 saturated heterocycles. The molecule has 1 aliphatic rings. The number of nitrogen functional groups attached to an aromatic ring is 1. The third kappa shape index (κ3) is 5.82. The molecule has 0 bridgehead atoms. The van der Waals surface area contributed by atoms with Crippen LogP contribution in [0.4, 0.5) is 5.69 Å². The fourth-order valence-electron chi connectivity index (χ4n) is 2.57. The van der Waals surface area contributed by atoms with E-state index in [9.17, 15) is 4.79 Å². The number of ketones is 1. The van der Waals surface area contributed by atoms with Gasteiger partial charge in [-0.3, -0.25) is 9.69 Å². The molecule has 1 fully saturated rings. The number of carbonyl (C=O) groups excluding carboxylic acids is 1. The fraction of sp³-hybridized carbons (Fsp3) is 0.588. The number of anilines is 1. The van der Waals surface area contributed by atoms with Gasteiger partial charge in [0.15, 0.2) is 5.78 Å². The molecule has 1 aliphatic heterocycles. The number of benzene rings is 1. The van der Waals surface area contributed by atoms with Crippen molar-refractivity contribution in [2.75, 3.05) is 58.3 Å². The van der Waals surface area contributed by atoms with Crippen LogP contribution >= 0.6 is 0 Å². The van der Waals surface area contributed by atoms with Gasteiger partial charge in [-0.05, 0) is 44.6 Å². The predicted octanol–water partition coefficient (Wildman–Crippen LogP) is 1.16. The van der Waals surface area contributed by atoms with Crippen molar-refractivity contribution in [2.24, 2.45) is 0 Å². The van der Waals surface area contributed by atoms with Crippen molar-refractivity contribution in [3.8, 4) is 5.75 Å². The monoisotopic (exact) mass is 321 g/mol.